The maximum Gasteiger partial charge on any atom is 0.272 e. The average molecular weight is 308 g/mol. The molecule has 7 nitrogen and oxygen atoms in total. The molecule has 1 atom stereocenters. The molecule has 0 saturated carbocycles. The normalized spacial score (nSPS) is 22.1. The zero-order chi connectivity index (χ0) is 16.5. The molecule has 1 aliphatic heterocycles. The number of ether oxygens (including phenoxy) is 1. The molecule has 2 rings (SSSR count). The molecule has 2 N–H and O–H groups in total. The van der Waals surface area contributed by atoms with Gasteiger partial charge in [-0.05, 0) is 25.8 Å². The highest BCUT2D eigenvalue weighted by molar-refractivity contribution is 5.94. The van der Waals surface area contributed by atoms with E-state index in [9.17, 15) is 9.59 Å². The number of hydrogen-bond donors (Lipinski definition) is 1. The molecule has 0 radical (unpaired) electrons. The Balaban J connectivity index is 2.26. The van der Waals surface area contributed by atoms with E-state index in [0.717, 1.165) is 5.69 Å². The van der Waals surface area contributed by atoms with Gasteiger partial charge in [-0.25, -0.2) is 0 Å². The lowest BCUT2D eigenvalue weighted by Gasteiger charge is -2.38. The number of aromatic nitrogens is 2. The summed E-state index contributed by atoms with van der Waals surface area (Å²) in [6.45, 7) is 9.14. The van der Waals surface area contributed by atoms with Crippen molar-refractivity contribution in [2.45, 2.75) is 45.8 Å². The summed E-state index contributed by atoms with van der Waals surface area (Å²) >= 11 is 0. The van der Waals surface area contributed by atoms with Crippen LogP contribution >= 0.6 is 0 Å². The van der Waals surface area contributed by atoms with Crippen LogP contribution in [-0.2, 0) is 16.1 Å². The molecule has 7 heteroatoms. The molecule has 2 amide bonds. The second-order valence-corrected chi connectivity index (χ2v) is 6.10. The molecule has 0 bridgehead atoms. The highest BCUT2D eigenvalue weighted by atomic mass is 16.5. The van der Waals surface area contributed by atoms with Crippen LogP contribution in [0.15, 0.2) is 6.07 Å². The van der Waals surface area contributed by atoms with Crippen molar-refractivity contribution in [1.82, 2.24) is 14.7 Å². The van der Waals surface area contributed by atoms with Crippen molar-refractivity contribution >= 4 is 11.8 Å². The number of amides is 2. The SMILES string of the molecule is CCn1nc(C(C)C)cc1C(=O)N1CCO[C@](C)(C(N)=O)C1. The van der Waals surface area contributed by atoms with Crippen LogP contribution in [0.4, 0.5) is 0 Å². The van der Waals surface area contributed by atoms with E-state index >= 15 is 0 Å². The number of morpholine rings is 1. The van der Waals surface area contributed by atoms with Gasteiger partial charge in [-0.2, -0.15) is 5.10 Å². The van der Waals surface area contributed by atoms with Gasteiger partial charge >= 0.3 is 0 Å². The molecule has 0 aromatic carbocycles. The highest BCUT2D eigenvalue weighted by Gasteiger charge is 2.40. The minimum absolute atomic E-state index is 0.142. The summed E-state index contributed by atoms with van der Waals surface area (Å²) in [5, 5.41) is 4.46. The molecule has 1 fully saturated rings. The third-order valence-electron chi connectivity index (χ3n) is 3.99. The molecule has 1 aromatic heterocycles. The zero-order valence-corrected chi connectivity index (χ0v) is 13.6. The summed E-state index contributed by atoms with van der Waals surface area (Å²) < 4.78 is 7.16. The largest absolute Gasteiger partial charge is 0.367 e. The molecule has 1 aromatic rings. The number of carbonyl (C=O) groups excluding carboxylic acids is 2. The summed E-state index contributed by atoms with van der Waals surface area (Å²) in [7, 11) is 0. The summed E-state index contributed by atoms with van der Waals surface area (Å²) in [4.78, 5) is 25.9. The first-order valence-electron chi connectivity index (χ1n) is 7.59. The number of nitrogens with zero attached hydrogens (tertiary/aromatic N) is 3. The van der Waals surface area contributed by atoms with Gasteiger partial charge in [-0.1, -0.05) is 13.8 Å². The predicted molar refractivity (Wildman–Crippen MR) is 81.4 cm³/mol. The van der Waals surface area contributed by atoms with Gasteiger partial charge in [-0.3, -0.25) is 14.3 Å². The molecule has 22 heavy (non-hydrogen) atoms. The van der Waals surface area contributed by atoms with Crippen molar-refractivity contribution in [2.24, 2.45) is 5.73 Å². The van der Waals surface area contributed by atoms with Crippen molar-refractivity contribution in [3.05, 3.63) is 17.5 Å². The lowest BCUT2D eigenvalue weighted by Crippen LogP contribution is -2.58. The minimum atomic E-state index is -1.13. The van der Waals surface area contributed by atoms with Crippen molar-refractivity contribution in [3.63, 3.8) is 0 Å². The molecule has 0 spiro atoms. The fraction of sp³-hybridized carbons (Fsp3) is 0.667. The van der Waals surface area contributed by atoms with Gasteiger partial charge in [0.1, 0.15) is 5.69 Å². The van der Waals surface area contributed by atoms with Gasteiger partial charge in [0.05, 0.1) is 18.8 Å². The average Bonchev–Trinajstić information content (AvgIpc) is 2.90. The van der Waals surface area contributed by atoms with Gasteiger partial charge in [0.15, 0.2) is 5.60 Å². The molecule has 0 unspecified atom stereocenters. The lowest BCUT2D eigenvalue weighted by molar-refractivity contribution is -0.150. The van der Waals surface area contributed by atoms with Crippen LogP contribution in [0.3, 0.4) is 0 Å². The zero-order valence-electron chi connectivity index (χ0n) is 13.6. The van der Waals surface area contributed by atoms with Crippen LogP contribution in [0.5, 0.6) is 0 Å². The lowest BCUT2D eigenvalue weighted by atomic mass is 10.0. The van der Waals surface area contributed by atoms with E-state index in [1.54, 1.807) is 16.5 Å². The quantitative estimate of drug-likeness (QED) is 0.888. The third kappa shape index (κ3) is 2.99. The van der Waals surface area contributed by atoms with Gasteiger partial charge in [0.25, 0.3) is 11.8 Å². The number of rotatable bonds is 4. The predicted octanol–water partition coefficient (Wildman–Crippen LogP) is 0.743. The highest BCUT2D eigenvalue weighted by Crippen LogP contribution is 2.21. The van der Waals surface area contributed by atoms with Crippen molar-refractivity contribution in [1.29, 1.82) is 0 Å². The molecule has 2 heterocycles. The van der Waals surface area contributed by atoms with E-state index < -0.39 is 11.5 Å². The molecule has 0 aliphatic carbocycles. The smallest absolute Gasteiger partial charge is 0.272 e. The Morgan fingerprint density at radius 3 is 2.73 bits per heavy atom. The Morgan fingerprint density at radius 1 is 1.50 bits per heavy atom. The first kappa shape index (κ1) is 16.5. The Kier molecular flexibility index (Phi) is 4.55. The maximum absolute atomic E-state index is 12.8. The van der Waals surface area contributed by atoms with Crippen molar-refractivity contribution < 1.29 is 14.3 Å². The van der Waals surface area contributed by atoms with Gasteiger partial charge in [0.2, 0.25) is 0 Å². The number of nitrogens with two attached hydrogens (primary N) is 1. The van der Waals surface area contributed by atoms with Crippen LogP contribution in [0.1, 0.15) is 49.8 Å². The number of carbonyl (C=O) groups is 2. The number of aryl methyl sites for hydroxylation is 1. The molecule has 1 aliphatic rings. The van der Waals surface area contributed by atoms with Crippen LogP contribution in [0, 0.1) is 0 Å². The number of hydrogen-bond acceptors (Lipinski definition) is 4. The summed E-state index contributed by atoms with van der Waals surface area (Å²) in [6, 6.07) is 1.83. The Morgan fingerprint density at radius 2 is 2.18 bits per heavy atom. The fourth-order valence-electron chi connectivity index (χ4n) is 2.49. The van der Waals surface area contributed by atoms with Gasteiger partial charge in [0, 0.05) is 13.1 Å². The molecular weight excluding hydrogens is 284 g/mol. The van der Waals surface area contributed by atoms with Crippen molar-refractivity contribution in [2.75, 3.05) is 19.7 Å². The summed E-state index contributed by atoms with van der Waals surface area (Å²) in [5.41, 5.74) is 5.68. The van der Waals surface area contributed by atoms with E-state index in [0.29, 0.717) is 25.4 Å². The second-order valence-electron chi connectivity index (χ2n) is 6.10. The first-order chi connectivity index (χ1) is 10.3. The van der Waals surface area contributed by atoms with Crippen molar-refractivity contribution in [3.8, 4) is 0 Å². The summed E-state index contributed by atoms with van der Waals surface area (Å²) in [6.07, 6.45) is 0. The Bertz CT molecular complexity index is 581. The maximum atomic E-state index is 12.8. The van der Waals surface area contributed by atoms with E-state index in [1.165, 1.54) is 0 Å². The van der Waals surface area contributed by atoms with E-state index in [1.807, 2.05) is 26.8 Å². The first-order valence-corrected chi connectivity index (χ1v) is 7.59. The third-order valence-corrected chi connectivity index (χ3v) is 3.99. The van der Waals surface area contributed by atoms with E-state index in [-0.39, 0.29) is 18.4 Å². The second kappa shape index (κ2) is 6.08. The monoisotopic (exact) mass is 308 g/mol. The van der Waals surface area contributed by atoms with Gasteiger partial charge < -0.3 is 15.4 Å². The topological polar surface area (TPSA) is 90.4 Å². The van der Waals surface area contributed by atoms with E-state index in [4.69, 9.17) is 10.5 Å². The molecule has 122 valence electrons. The molecular formula is C15H24N4O3. The van der Waals surface area contributed by atoms with Crippen LogP contribution in [0.25, 0.3) is 0 Å². The van der Waals surface area contributed by atoms with Crippen LogP contribution in [-0.4, -0.2) is 51.8 Å². The Hall–Kier alpha value is -1.89. The fourth-order valence-corrected chi connectivity index (χ4v) is 2.49. The van der Waals surface area contributed by atoms with Gasteiger partial charge in [-0.15, -0.1) is 0 Å². The minimum Gasteiger partial charge on any atom is -0.367 e. The number of primary amides is 1. The Labute approximate surface area is 130 Å². The molecule has 1 saturated heterocycles. The van der Waals surface area contributed by atoms with Crippen LogP contribution < -0.4 is 5.73 Å². The summed E-state index contributed by atoms with van der Waals surface area (Å²) in [5.74, 6) is -0.450. The standard InChI is InChI=1S/C15H24N4O3/c1-5-19-12(8-11(17-19)10(2)3)13(20)18-6-7-22-15(4,9-18)14(16)21/h8,10H,5-7,9H2,1-4H3,(H2,16,21)/t15-/m0/s1. The van der Waals surface area contributed by atoms with Crippen LogP contribution in [0.2, 0.25) is 0 Å². The van der Waals surface area contributed by atoms with E-state index in [2.05, 4.69) is 5.10 Å².